The molecule has 1 atom stereocenters. The fraction of sp³-hybridized carbons (Fsp3) is 0.300. The summed E-state index contributed by atoms with van der Waals surface area (Å²) in [6, 6.07) is 7.48. The van der Waals surface area contributed by atoms with E-state index in [1.54, 1.807) is 0 Å². The standard InChI is InChI=1S/C10H9BrN4O/c11-10(5-6-13-15-12)7-3-1-2-4-8(7)14-9(10)16/h1-4H,5-6H2,(H,14,16). The lowest BCUT2D eigenvalue weighted by molar-refractivity contribution is -0.117. The molecule has 2 rings (SSSR count). The van der Waals surface area contributed by atoms with Gasteiger partial charge in [0.15, 0.2) is 0 Å². The van der Waals surface area contributed by atoms with Gasteiger partial charge in [-0.1, -0.05) is 39.2 Å². The van der Waals surface area contributed by atoms with E-state index in [2.05, 4.69) is 31.3 Å². The number of nitrogens with zero attached hydrogens (tertiary/aromatic N) is 3. The highest BCUT2D eigenvalue weighted by Crippen LogP contribution is 2.44. The van der Waals surface area contributed by atoms with E-state index in [1.807, 2.05) is 24.3 Å². The van der Waals surface area contributed by atoms with Crippen LogP contribution in [0, 0.1) is 0 Å². The van der Waals surface area contributed by atoms with Crippen molar-refractivity contribution in [1.82, 2.24) is 0 Å². The minimum atomic E-state index is -0.766. The van der Waals surface area contributed by atoms with Gasteiger partial charge in [-0.3, -0.25) is 4.79 Å². The first-order chi connectivity index (χ1) is 7.68. The van der Waals surface area contributed by atoms with Gasteiger partial charge in [-0.2, -0.15) is 0 Å². The van der Waals surface area contributed by atoms with Crippen molar-refractivity contribution in [2.75, 3.05) is 11.9 Å². The van der Waals surface area contributed by atoms with Crippen LogP contribution in [0.2, 0.25) is 0 Å². The third-order valence-electron chi connectivity index (χ3n) is 2.58. The molecule has 1 aromatic rings. The number of carbonyl (C=O) groups excluding carboxylic acids is 1. The summed E-state index contributed by atoms with van der Waals surface area (Å²) >= 11 is 3.44. The van der Waals surface area contributed by atoms with Gasteiger partial charge in [0.25, 0.3) is 0 Å². The number of alkyl halides is 1. The fourth-order valence-electron chi connectivity index (χ4n) is 1.78. The molecular weight excluding hydrogens is 272 g/mol. The maximum atomic E-state index is 11.9. The van der Waals surface area contributed by atoms with Crippen LogP contribution in [0.25, 0.3) is 10.4 Å². The zero-order valence-electron chi connectivity index (χ0n) is 8.35. The number of rotatable bonds is 3. The van der Waals surface area contributed by atoms with Gasteiger partial charge in [0.2, 0.25) is 5.91 Å². The van der Waals surface area contributed by atoms with Crippen LogP contribution < -0.4 is 5.32 Å². The Labute approximate surface area is 101 Å². The summed E-state index contributed by atoms with van der Waals surface area (Å²) in [6.45, 7) is 0.281. The molecule has 1 aliphatic heterocycles. The largest absolute Gasteiger partial charge is 0.324 e. The van der Waals surface area contributed by atoms with Crippen LogP contribution in [-0.2, 0) is 9.12 Å². The lowest BCUT2D eigenvalue weighted by atomic mass is 9.97. The van der Waals surface area contributed by atoms with Crippen molar-refractivity contribution >= 4 is 27.5 Å². The van der Waals surface area contributed by atoms with Gasteiger partial charge in [-0.05, 0) is 18.0 Å². The summed E-state index contributed by atoms with van der Waals surface area (Å²) in [4.78, 5) is 14.5. The minimum Gasteiger partial charge on any atom is -0.324 e. The molecule has 1 amide bonds. The first-order valence-corrected chi connectivity index (χ1v) is 5.58. The number of benzene rings is 1. The molecule has 1 aliphatic rings. The quantitative estimate of drug-likeness (QED) is 0.393. The second kappa shape index (κ2) is 4.15. The van der Waals surface area contributed by atoms with Gasteiger partial charge in [0.05, 0.1) is 0 Å². The molecule has 5 nitrogen and oxygen atoms in total. The Balaban J connectivity index is 2.33. The van der Waals surface area contributed by atoms with E-state index in [0.717, 1.165) is 11.3 Å². The van der Waals surface area contributed by atoms with Crippen molar-refractivity contribution in [3.63, 3.8) is 0 Å². The second-order valence-corrected chi connectivity index (χ2v) is 4.86. The van der Waals surface area contributed by atoms with Gasteiger partial charge in [-0.25, -0.2) is 0 Å². The Morgan fingerprint density at radius 1 is 1.50 bits per heavy atom. The molecule has 0 spiro atoms. The first kappa shape index (κ1) is 11.0. The summed E-state index contributed by atoms with van der Waals surface area (Å²) < 4.78 is -0.766. The average molecular weight is 281 g/mol. The molecule has 0 saturated heterocycles. The number of para-hydroxylation sites is 1. The molecule has 0 fully saturated rings. The van der Waals surface area contributed by atoms with Gasteiger partial charge < -0.3 is 5.32 Å². The number of amides is 1. The highest BCUT2D eigenvalue weighted by molar-refractivity contribution is 9.10. The lowest BCUT2D eigenvalue weighted by Gasteiger charge is -2.18. The molecule has 0 bridgehead atoms. The number of hydrogen-bond acceptors (Lipinski definition) is 2. The zero-order chi connectivity index (χ0) is 11.6. The SMILES string of the molecule is [N-]=[N+]=NCCC1(Br)C(=O)Nc2ccccc21. The number of anilines is 1. The highest BCUT2D eigenvalue weighted by atomic mass is 79.9. The summed E-state index contributed by atoms with van der Waals surface area (Å²) in [5.41, 5.74) is 9.93. The molecule has 16 heavy (non-hydrogen) atoms. The highest BCUT2D eigenvalue weighted by Gasteiger charge is 2.43. The maximum Gasteiger partial charge on any atom is 0.245 e. The Kier molecular flexibility index (Phi) is 2.85. The van der Waals surface area contributed by atoms with Crippen LogP contribution in [0.3, 0.4) is 0 Å². The molecule has 1 aromatic carbocycles. The average Bonchev–Trinajstić information content (AvgIpc) is 2.53. The second-order valence-electron chi connectivity index (χ2n) is 3.51. The van der Waals surface area contributed by atoms with Gasteiger partial charge in [0, 0.05) is 22.7 Å². The van der Waals surface area contributed by atoms with Crippen molar-refractivity contribution in [2.24, 2.45) is 5.11 Å². The lowest BCUT2D eigenvalue weighted by Crippen LogP contribution is -2.28. The van der Waals surface area contributed by atoms with Gasteiger partial charge >= 0.3 is 0 Å². The van der Waals surface area contributed by atoms with E-state index in [4.69, 9.17) is 5.53 Å². The Hall–Kier alpha value is -1.52. The molecule has 1 N–H and O–H groups in total. The predicted octanol–water partition coefficient (Wildman–Crippen LogP) is 2.93. The van der Waals surface area contributed by atoms with Crippen LogP contribution in [0.1, 0.15) is 12.0 Å². The summed E-state index contributed by atoms with van der Waals surface area (Å²) in [5.74, 6) is -0.109. The number of fused-ring (bicyclic) bond motifs is 1. The van der Waals surface area contributed by atoms with Crippen LogP contribution in [0.15, 0.2) is 29.4 Å². The first-order valence-electron chi connectivity index (χ1n) is 4.79. The number of azide groups is 1. The van der Waals surface area contributed by atoms with Gasteiger partial charge in [-0.15, -0.1) is 0 Å². The van der Waals surface area contributed by atoms with Crippen LogP contribution in [0.5, 0.6) is 0 Å². The van der Waals surface area contributed by atoms with Crippen molar-refractivity contribution in [1.29, 1.82) is 0 Å². The van der Waals surface area contributed by atoms with Crippen molar-refractivity contribution in [3.05, 3.63) is 40.3 Å². The molecule has 0 aliphatic carbocycles. The van der Waals surface area contributed by atoms with Crippen LogP contribution in [0.4, 0.5) is 5.69 Å². The monoisotopic (exact) mass is 280 g/mol. The number of nitrogens with one attached hydrogen (secondary N) is 1. The predicted molar refractivity (Wildman–Crippen MR) is 64.3 cm³/mol. The van der Waals surface area contributed by atoms with Crippen LogP contribution >= 0.6 is 15.9 Å². The van der Waals surface area contributed by atoms with E-state index in [1.165, 1.54) is 0 Å². The van der Waals surface area contributed by atoms with E-state index in [0.29, 0.717) is 6.42 Å². The summed E-state index contributed by atoms with van der Waals surface area (Å²) in [6.07, 6.45) is 0.444. The van der Waals surface area contributed by atoms with Crippen molar-refractivity contribution < 1.29 is 4.79 Å². The summed E-state index contributed by atoms with van der Waals surface area (Å²) in [5, 5.41) is 6.25. The van der Waals surface area contributed by atoms with E-state index >= 15 is 0 Å². The van der Waals surface area contributed by atoms with E-state index in [9.17, 15) is 4.79 Å². The number of halogens is 1. The van der Waals surface area contributed by atoms with Crippen molar-refractivity contribution in [3.8, 4) is 0 Å². The maximum absolute atomic E-state index is 11.9. The molecule has 0 saturated carbocycles. The summed E-state index contributed by atoms with van der Waals surface area (Å²) in [7, 11) is 0. The smallest absolute Gasteiger partial charge is 0.245 e. The molecule has 0 aromatic heterocycles. The Morgan fingerprint density at radius 2 is 2.25 bits per heavy atom. The molecular formula is C10H9BrN4O. The third kappa shape index (κ3) is 1.66. The Morgan fingerprint density at radius 3 is 3.00 bits per heavy atom. The van der Waals surface area contributed by atoms with E-state index in [-0.39, 0.29) is 12.5 Å². The topological polar surface area (TPSA) is 77.9 Å². The Bertz CT molecular complexity index is 483. The molecule has 6 heteroatoms. The fourth-order valence-corrected chi connectivity index (χ4v) is 2.40. The molecule has 1 heterocycles. The normalized spacial score (nSPS) is 22.2. The van der Waals surface area contributed by atoms with Crippen molar-refractivity contribution in [2.45, 2.75) is 10.7 Å². The molecule has 0 radical (unpaired) electrons. The zero-order valence-corrected chi connectivity index (χ0v) is 9.94. The minimum absolute atomic E-state index is 0.109. The van der Waals surface area contributed by atoms with E-state index < -0.39 is 4.32 Å². The molecule has 82 valence electrons. The third-order valence-corrected chi connectivity index (χ3v) is 3.77. The van der Waals surface area contributed by atoms with Crippen LogP contribution in [-0.4, -0.2) is 12.5 Å². The van der Waals surface area contributed by atoms with Gasteiger partial charge in [0.1, 0.15) is 4.32 Å². The number of carbonyl (C=O) groups is 1. The molecule has 1 unspecified atom stereocenters. The number of hydrogen-bond donors (Lipinski definition) is 1.